The SMILES string of the molecule is COC(=O)CC1Cc2ccc(Br)cc2N1.Cl. The summed E-state index contributed by atoms with van der Waals surface area (Å²) in [5.74, 6) is -0.167. The van der Waals surface area contributed by atoms with Crippen LogP contribution in [0.4, 0.5) is 5.69 Å². The number of fused-ring (bicyclic) bond motifs is 1. The molecule has 1 heterocycles. The standard InChI is InChI=1S/C11H12BrNO2.ClH/c1-15-11(14)6-9-4-7-2-3-8(12)5-10(7)13-9;/h2-3,5,9,13H,4,6H2,1H3;1H. The topological polar surface area (TPSA) is 38.3 Å². The summed E-state index contributed by atoms with van der Waals surface area (Å²) < 4.78 is 5.70. The van der Waals surface area contributed by atoms with Crippen molar-refractivity contribution >= 4 is 40.0 Å². The number of benzene rings is 1. The van der Waals surface area contributed by atoms with E-state index in [9.17, 15) is 4.79 Å². The number of anilines is 1. The minimum atomic E-state index is -0.167. The molecule has 0 saturated heterocycles. The number of esters is 1. The van der Waals surface area contributed by atoms with E-state index in [1.54, 1.807) is 0 Å². The quantitative estimate of drug-likeness (QED) is 0.854. The van der Waals surface area contributed by atoms with E-state index in [-0.39, 0.29) is 24.4 Å². The van der Waals surface area contributed by atoms with E-state index in [0.717, 1.165) is 16.6 Å². The van der Waals surface area contributed by atoms with E-state index in [2.05, 4.69) is 32.0 Å². The zero-order valence-corrected chi connectivity index (χ0v) is 11.2. The van der Waals surface area contributed by atoms with Gasteiger partial charge in [-0.3, -0.25) is 4.79 Å². The van der Waals surface area contributed by atoms with Gasteiger partial charge in [0.2, 0.25) is 0 Å². The largest absolute Gasteiger partial charge is 0.469 e. The van der Waals surface area contributed by atoms with Gasteiger partial charge in [-0.2, -0.15) is 0 Å². The molecule has 0 radical (unpaired) electrons. The average Bonchev–Trinajstić information content (AvgIpc) is 2.59. The van der Waals surface area contributed by atoms with Gasteiger partial charge in [-0.15, -0.1) is 12.4 Å². The van der Waals surface area contributed by atoms with Crippen LogP contribution in [0.2, 0.25) is 0 Å². The van der Waals surface area contributed by atoms with Crippen LogP contribution >= 0.6 is 28.3 Å². The summed E-state index contributed by atoms with van der Waals surface area (Å²) in [5, 5.41) is 3.31. The van der Waals surface area contributed by atoms with Crippen molar-refractivity contribution in [2.24, 2.45) is 0 Å². The summed E-state index contributed by atoms with van der Waals surface area (Å²) in [6.45, 7) is 0. The smallest absolute Gasteiger partial charge is 0.307 e. The van der Waals surface area contributed by atoms with Crippen LogP contribution in [0.5, 0.6) is 0 Å². The lowest BCUT2D eigenvalue weighted by Crippen LogP contribution is -2.20. The van der Waals surface area contributed by atoms with E-state index in [0.29, 0.717) is 6.42 Å². The fourth-order valence-electron chi connectivity index (χ4n) is 1.81. The van der Waals surface area contributed by atoms with E-state index < -0.39 is 0 Å². The van der Waals surface area contributed by atoms with Gasteiger partial charge >= 0.3 is 5.97 Å². The summed E-state index contributed by atoms with van der Waals surface area (Å²) >= 11 is 3.42. The number of ether oxygens (including phenoxy) is 1. The lowest BCUT2D eigenvalue weighted by molar-refractivity contribution is -0.140. The van der Waals surface area contributed by atoms with Crippen LogP contribution in [0, 0.1) is 0 Å². The molecular formula is C11H13BrClNO2. The molecule has 0 fully saturated rings. The second kappa shape index (κ2) is 5.55. The number of hydrogen-bond donors (Lipinski definition) is 1. The van der Waals surface area contributed by atoms with Crippen molar-refractivity contribution in [2.75, 3.05) is 12.4 Å². The first kappa shape index (κ1) is 13.3. The van der Waals surface area contributed by atoms with Gasteiger partial charge in [-0.1, -0.05) is 22.0 Å². The third-order valence-electron chi connectivity index (χ3n) is 2.54. The first-order chi connectivity index (χ1) is 7.19. The summed E-state index contributed by atoms with van der Waals surface area (Å²) in [6, 6.07) is 6.29. The predicted octanol–water partition coefficient (Wildman–Crippen LogP) is 2.77. The molecule has 3 nitrogen and oxygen atoms in total. The number of nitrogens with one attached hydrogen (secondary N) is 1. The molecule has 0 aromatic heterocycles. The maximum atomic E-state index is 11.1. The van der Waals surface area contributed by atoms with Crippen molar-refractivity contribution in [3.05, 3.63) is 28.2 Å². The molecule has 1 aromatic rings. The maximum Gasteiger partial charge on any atom is 0.307 e. The zero-order chi connectivity index (χ0) is 10.8. The molecule has 0 saturated carbocycles. The summed E-state index contributed by atoms with van der Waals surface area (Å²) in [5.41, 5.74) is 2.37. The highest BCUT2D eigenvalue weighted by Gasteiger charge is 2.22. The Morgan fingerprint density at radius 3 is 3.06 bits per heavy atom. The number of hydrogen-bond acceptors (Lipinski definition) is 3. The molecule has 16 heavy (non-hydrogen) atoms. The molecule has 1 aliphatic heterocycles. The molecule has 1 aromatic carbocycles. The monoisotopic (exact) mass is 305 g/mol. The normalized spacial score (nSPS) is 17.0. The van der Waals surface area contributed by atoms with E-state index in [1.165, 1.54) is 12.7 Å². The van der Waals surface area contributed by atoms with Gasteiger partial charge in [0, 0.05) is 16.2 Å². The summed E-state index contributed by atoms with van der Waals surface area (Å²) in [4.78, 5) is 11.1. The van der Waals surface area contributed by atoms with Gasteiger partial charge < -0.3 is 10.1 Å². The number of carbonyl (C=O) groups excluding carboxylic acids is 1. The van der Waals surface area contributed by atoms with Crippen molar-refractivity contribution in [3.63, 3.8) is 0 Å². The first-order valence-electron chi connectivity index (χ1n) is 4.81. The molecule has 1 unspecified atom stereocenters. The van der Waals surface area contributed by atoms with Crippen LogP contribution in [0.1, 0.15) is 12.0 Å². The van der Waals surface area contributed by atoms with E-state index in [4.69, 9.17) is 0 Å². The number of halogens is 2. The van der Waals surface area contributed by atoms with Crippen molar-refractivity contribution in [1.29, 1.82) is 0 Å². The average molecular weight is 307 g/mol. The Kier molecular flexibility index (Phi) is 4.62. The van der Waals surface area contributed by atoms with Gasteiger partial charge in [-0.05, 0) is 24.1 Å². The molecule has 0 aliphatic carbocycles. The molecule has 1 aliphatic rings. The van der Waals surface area contributed by atoms with Gasteiger partial charge in [0.1, 0.15) is 0 Å². The highest BCUT2D eigenvalue weighted by molar-refractivity contribution is 9.10. The number of carbonyl (C=O) groups is 1. The second-order valence-electron chi connectivity index (χ2n) is 3.63. The van der Waals surface area contributed by atoms with Crippen LogP contribution in [0.3, 0.4) is 0 Å². The molecule has 1 N–H and O–H groups in total. The summed E-state index contributed by atoms with van der Waals surface area (Å²) in [6.07, 6.45) is 1.31. The second-order valence-corrected chi connectivity index (χ2v) is 4.54. The molecule has 88 valence electrons. The van der Waals surface area contributed by atoms with Gasteiger partial charge in [0.25, 0.3) is 0 Å². The highest BCUT2D eigenvalue weighted by Crippen LogP contribution is 2.29. The van der Waals surface area contributed by atoms with Gasteiger partial charge in [-0.25, -0.2) is 0 Å². The Hall–Kier alpha value is -0.740. The third-order valence-corrected chi connectivity index (χ3v) is 3.03. The van der Waals surface area contributed by atoms with Crippen LogP contribution in [0.25, 0.3) is 0 Å². The van der Waals surface area contributed by atoms with E-state index in [1.807, 2.05) is 12.1 Å². The third kappa shape index (κ3) is 2.89. The van der Waals surface area contributed by atoms with Crippen molar-refractivity contribution < 1.29 is 9.53 Å². The Morgan fingerprint density at radius 2 is 2.38 bits per heavy atom. The van der Waals surface area contributed by atoms with E-state index >= 15 is 0 Å². The molecule has 0 bridgehead atoms. The van der Waals surface area contributed by atoms with Crippen LogP contribution in [0.15, 0.2) is 22.7 Å². The lowest BCUT2D eigenvalue weighted by Gasteiger charge is -2.08. The molecule has 2 rings (SSSR count). The first-order valence-corrected chi connectivity index (χ1v) is 5.60. The van der Waals surface area contributed by atoms with Crippen molar-refractivity contribution in [2.45, 2.75) is 18.9 Å². The summed E-state index contributed by atoms with van der Waals surface area (Å²) in [7, 11) is 1.42. The van der Waals surface area contributed by atoms with Crippen molar-refractivity contribution in [3.8, 4) is 0 Å². The molecule has 0 spiro atoms. The Morgan fingerprint density at radius 1 is 1.62 bits per heavy atom. The Bertz CT molecular complexity index is 398. The highest BCUT2D eigenvalue weighted by atomic mass is 79.9. The maximum absolute atomic E-state index is 11.1. The molecule has 1 atom stereocenters. The number of methoxy groups -OCH3 is 1. The molecule has 0 amide bonds. The fraction of sp³-hybridized carbons (Fsp3) is 0.364. The minimum Gasteiger partial charge on any atom is -0.469 e. The fourth-order valence-corrected chi connectivity index (χ4v) is 2.17. The lowest BCUT2D eigenvalue weighted by atomic mass is 10.1. The minimum absolute atomic E-state index is 0. The van der Waals surface area contributed by atoms with Crippen LogP contribution in [-0.2, 0) is 16.0 Å². The predicted molar refractivity (Wildman–Crippen MR) is 69.1 cm³/mol. The van der Waals surface area contributed by atoms with Gasteiger partial charge in [0.15, 0.2) is 0 Å². The van der Waals surface area contributed by atoms with Crippen molar-refractivity contribution in [1.82, 2.24) is 0 Å². The molecular weight excluding hydrogens is 293 g/mol. The van der Waals surface area contributed by atoms with Gasteiger partial charge in [0.05, 0.1) is 13.5 Å². The van der Waals surface area contributed by atoms with Crippen LogP contribution < -0.4 is 5.32 Å². The number of rotatable bonds is 2. The molecule has 5 heteroatoms. The van der Waals surface area contributed by atoms with Crippen LogP contribution in [-0.4, -0.2) is 19.1 Å². The Labute approximate surface area is 109 Å². The Balaban J connectivity index is 0.00000128. The zero-order valence-electron chi connectivity index (χ0n) is 8.83.